The molecule has 0 aromatic carbocycles. The Morgan fingerprint density at radius 2 is 1.85 bits per heavy atom. The van der Waals surface area contributed by atoms with E-state index in [2.05, 4.69) is 12.2 Å². The van der Waals surface area contributed by atoms with E-state index in [0.717, 1.165) is 44.9 Å². The molecule has 1 spiro atoms. The maximum atomic E-state index is 13.1. The number of rotatable bonds is 3. The minimum Gasteiger partial charge on any atom is -0.340 e. The highest BCUT2D eigenvalue weighted by Crippen LogP contribution is 2.44. The molecule has 2 amide bonds. The van der Waals surface area contributed by atoms with E-state index in [1.165, 1.54) is 6.42 Å². The molecule has 3 fully saturated rings. The topological polar surface area (TPSA) is 49.4 Å². The van der Waals surface area contributed by atoms with E-state index < -0.39 is 5.54 Å². The first-order valence-corrected chi connectivity index (χ1v) is 8.27. The van der Waals surface area contributed by atoms with Gasteiger partial charge in [-0.1, -0.05) is 39.5 Å². The number of hydrogen-bond acceptors (Lipinski definition) is 2. The van der Waals surface area contributed by atoms with Crippen molar-refractivity contribution in [1.82, 2.24) is 10.2 Å². The van der Waals surface area contributed by atoms with E-state index in [1.807, 2.05) is 11.8 Å². The molecule has 3 atom stereocenters. The van der Waals surface area contributed by atoms with E-state index in [4.69, 9.17) is 0 Å². The number of nitrogens with zero attached hydrogens (tertiary/aromatic N) is 1. The van der Waals surface area contributed by atoms with E-state index in [-0.39, 0.29) is 17.9 Å². The summed E-state index contributed by atoms with van der Waals surface area (Å²) in [5.41, 5.74) is -0.568. The molecule has 4 nitrogen and oxygen atoms in total. The number of carbonyl (C=O) groups excluding carboxylic acids is 2. The van der Waals surface area contributed by atoms with Gasteiger partial charge in [0.2, 0.25) is 11.8 Å². The lowest BCUT2D eigenvalue weighted by Gasteiger charge is -2.48. The molecular formula is C16H26N2O2. The quantitative estimate of drug-likeness (QED) is 0.860. The number of nitrogens with one attached hydrogen (secondary N) is 1. The van der Waals surface area contributed by atoms with Crippen molar-refractivity contribution in [1.29, 1.82) is 0 Å². The summed E-state index contributed by atoms with van der Waals surface area (Å²) in [4.78, 5) is 27.5. The van der Waals surface area contributed by atoms with Crippen molar-refractivity contribution in [2.24, 2.45) is 5.92 Å². The van der Waals surface area contributed by atoms with Gasteiger partial charge in [0, 0.05) is 6.04 Å². The molecule has 0 aromatic rings. The Morgan fingerprint density at radius 1 is 1.15 bits per heavy atom. The molecule has 3 rings (SSSR count). The molecule has 1 saturated heterocycles. The van der Waals surface area contributed by atoms with Crippen LogP contribution in [0, 0.1) is 5.92 Å². The Labute approximate surface area is 121 Å². The number of carbonyl (C=O) groups is 2. The predicted molar refractivity (Wildman–Crippen MR) is 77.1 cm³/mol. The second kappa shape index (κ2) is 5.05. The van der Waals surface area contributed by atoms with Gasteiger partial charge in [-0.15, -0.1) is 0 Å². The summed E-state index contributed by atoms with van der Waals surface area (Å²) in [5.74, 6) is 0.903. The van der Waals surface area contributed by atoms with Crippen LogP contribution in [-0.4, -0.2) is 34.3 Å². The lowest BCUT2D eigenvalue weighted by atomic mass is 9.78. The Kier molecular flexibility index (Phi) is 3.51. The van der Waals surface area contributed by atoms with Gasteiger partial charge >= 0.3 is 0 Å². The molecule has 20 heavy (non-hydrogen) atoms. The summed E-state index contributed by atoms with van der Waals surface area (Å²) < 4.78 is 0. The fraction of sp³-hybridized carbons (Fsp3) is 0.875. The first kappa shape index (κ1) is 13.9. The highest BCUT2D eigenvalue weighted by molar-refractivity contribution is 6.00. The average Bonchev–Trinajstić information content (AvgIpc) is 3.23. The Morgan fingerprint density at radius 3 is 2.40 bits per heavy atom. The first-order valence-electron chi connectivity index (χ1n) is 8.27. The van der Waals surface area contributed by atoms with Gasteiger partial charge < -0.3 is 10.2 Å². The van der Waals surface area contributed by atoms with E-state index in [1.54, 1.807) is 0 Å². The molecule has 4 heteroatoms. The molecule has 1 heterocycles. The average molecular weight is 278 g/mol. The minimum atomic E-state index is -0.568. The van der Waals surface area contributed by atoms with Crippen LogP contribution < -0.4 is 5.32 Å². The molecule has 112 valence electrons. The van der Waals surface area contributed by atoms with Crippen molar-refractivity contribution in [2.75, 3.05) is 0 Å². The summed E-state index contributed by atoms with van der Waals surface area (Å²) >= 11 is 0. The molecule has 0 radical (unpaired) electrons. The van der Waals surface area contributed by atoms with Crippen molar-refractivity contribution in [3.8, 4) is 0 Å². The van der Waals surface area contributed by atoms with E-state index in [9.17, 15) is 9.59 Å². The normalized spacial score (nSPS) is 36.1. The first-order chi connectivity index (χ1) is 9.63. The van der Waals surface area contributed by atoms with Crippen molar-refractivity contribution >= 4 is 11.8 Å². The molecule has 0 bridgehead atoms. The fourth-order valence-corrected chi connectivity index (χ4v) is 4.16. The van der Waals surface area contributed by atoms with Gasteiger partial charge in [0.1, 0.15) is 11.6 Å². The molecule has 1 N–H and O–H groups in total. The molecule has 3 aliphatic rings. The zero-order chi connectivity index (χ0) is 14.3. The van der Waals surface area contributed by atoms with Gasteiger partial charge in [0.05, 0.1) is 0 Å². The van der Waals surface area contributed by atoms with E-state index >= 15 is 0 Å². The van der Waals surface area contributed by atoms with Crippen LogP contribution in [-0.2, 0) is 9.59 Å². The summed E-state index contributed by atoms with van der Waals surface area (Å²) in [6, 6.07) is 0.0823. The van der Waals surface area contributed by atoms with Gasteiger partial charge in [-0.2, -0.15) is 0 Å². The van der Waals surface area contributed by atoms with Crippen LogP contribution in [0.5, 0.6) is 0 Å². The van der Waals surface area contributed by atoms with E-state index in [0.29, 0.717) is 12.0 Å². The zero-order valence-electron chi connectivity index (χ0n) is 12.7. The number of amides is 2. The van der Waals surface area contributed by atoms with Crippen molar-refractivity contribution < 1.29 is 9.59 Å². The van der Waals surface area contributed by atoms with Crippen LogP contribution >= 0.6 is 0 Å². The monoisotopic (exact) mass is 278 g/mol. The molecule has 2 saturated carbocycles. The summed E-state index contributed by atoms with van der Waals surface area (Å²) in [6.45, 7) is 4.18. The van der Waals surface area contributed by atoms with Crippen molar-refractivity contribution in [3.63, 3.8) is 0 Å². The Hall–Kier alpha value is -1.06. The van der Waals surface area contributed by atoms with Crippen LogP contribution in [0.3, 0.4) is 0 Å². The third kappa shape index (κ3) is 2.04. The van der Waals surface area contributed by atoms with Crippen LogP contribution in [0.15, 0.2) is 0 Å². The smallest absolute Gasteiger partial charge is 0.249 e. The van der Waals surface area contributed by atoms with Gasteiger partial charge in [-0.05, 0) is 31.6 Å². The van der Waals surface area contributed by atoms with Gasteiger partial charge in [-0.25, -0.2) is 0 Å². The van der Waals surface area contributed by atoms with Crippen LogP contribution in [0.2, 0.25) is 0 Å². The third-order valence-corrected chi connectivity index (χ3v) is 5.51. The third-order valence-electron chi connectivity index (χ3n) is 5.51. The standard InChI is InChI=1S/C16H26N2O2/c1-3-11-10-13(11)18-12(4-2)14(19)17-16(15(18)20)8-6-5-7-9-16/h11-13H,3-10H2,1-2H3,(H,17,19). The second-order valence-electron chi connectivity index (χ2n) is 6.74. The number of hydrogen-bond donors (Lipinski definition) is 1. The Bertz CT molecular complexity index is 415. The molecule has 2 aliphatic carbocycles. The van der Waals surface area contributed by atoms with Crippen molar-refractivity contribution in [2.45, 2.75) is 82.8 Å². The lowest BCUT2D eigenvalue weighted by molar-refractivity contribution is -0.157. The fourth-order valence-electron chi connectivity index (χ4n) is 4.16. The minimum absolute atomic E-state index is 0.0794. The van der Waals surface area contributed by atoms with Crippen LogP contribution in [0.25, 0.3) is 0 Å². The van der Waals surface area contributed by atoms with Crippen molar-refractivity contribution in [3.05, 3.63) is 0 Å². The molecule has 3 unspecified atom stereocenters. The van der Waals surface area contributed by atoms with Gasteiger partial charge in [0.25, 0.3) is 0 Å². The Balaban J connectivity index is 1.87. The number of piperazine rings is 1. The van der Waals surface area contributed by atoms with Gasteiger partial charge in [-0.3, -0.25) is 9.59 Å². The summed E-state index contributed by atoms with van der Waals surface area (Å²) in [5, 5.41) is 3.10. The van der Waals surface area contributed by atoms with Crippen LogP contribution in [0.1, 0.15) is 65.2 Å². The highest BCUT2D eigenvalue weighted by atomic mass is 16.2. The van der Waals surface area contributed by atoms with Gasteiger partial charge in [0.15, 0.2) is 0 Å². The SMILES string of the molecule is CCC1CC1N1C(=O)C2(CCCCC2)NC(=O)C1CC. The second-order valence-corrected chi connectivity index (χ2v) is 6.74. The lowest BCUT2D eigenvalue weighted by Crippen LogP contribution is -2.71. The predicted octanol–water partition coefficient (Wildman–Crippen LogP) is 2.22. The largest absolute Gasteiger partial charge is 0.340 e. The molecule has 1 aliphatic heterocycles. The summed E-state index contributed by atoms with van der Waals surface area (Å²) in [6.07, 6.45) is 7.87. The molecule has 0 aromatic heterocycles. The summed E-state index contributed by atoms with van der Waals surface area (Å²) in [7, 11) is 0. The maximum absolute atomic E-state index is 13.1. The highest BCUT2D eigenvalue weighted by Gasteiger charge is 2.56. The molecular weight excluding hydrogens is 252 g/mol. The maximum Gasteiger partial charge on any atom is 0.249 e. The zero-order valence-corrected chi connectivity index (χ0v) is 12.7. The van der Waals surface area contributed by atoms with Crippen LogP contribution in [0.4, 0.5) is 0 Å².